The molecule has 0 aliphatic carbocycles. The third-order valence-electron chi connectivity index (χ3n) is 4.41. The van der Waals surface area contributed by atoms with E-state index in [1.165, 1.54) is 18.4 Å². The van der Waals surface area contributed by atoms with Crippen LogP contribution in [0.3, 0.4) is 0 Å². The van der Waals surface area contributed by atoms with Gasteiger partial charge >= 0.3 is 0 Å². The fourth-order valence-electron chi connectivity index (χ4n) is 2.88. The highest BCUT2D eigenvalue weighted by Gasteiger charge is 2.18. The van der Waals surface area contributed by atoms with Crippen LogP contribution in [0.5, 0.6) is 5.75 Å². The van der Waals surface area contributed by atoms with Gasteiger partial charge in [0.05, 0.1) is 17.6 Å². The Bertz CT molecular complexity index is 944. The van der Waals surface area contributed by atoms with Crippen LogP contribution in [-0.2, 0) is 0 Å². The van der Waals surface area contributed by atoms with Crippen LogP contribution < -0.4 is 10.1 Å². The number of carbonyl (C=O) groups is 2. The van der Waals surface area contributed by atoms with Gasteiger partial charge in [-0.05, 0) is 31.2 Å². The Kier molecular flexibility index (Phi) is 7.11. The first-order valence-corrected chi connectivity index (χ1v) is 11.0. The van der Waals surface area contributed by atoms with Gasteiger partial charge in [-0.3, -0.25) is 15.0 Å². The molecule has 1 amide bonds. The van der Waals surface area contributed by atoms with Gasteiger partial charge in [0, 0.05) is 35.8 Å². The maximum absolute atomic E-state index is 12.6. The van der Waals surface area contributed by atoms with E-state index < -0.39 is 0 Å². The first-order chi connectivity index (χ1) is 14.0. The molecule has 2 heterocycles. The standard InChI is InChI=1S/C21H23N3O3S2/c1-14-5-8-18(29-14)20(25)23-9-12-28-21(26)16-7-6-15(13-17(16)27-2)19(22)24-10-3-4-11-24/h3-8,13,22H,9-12H2,1-2H3,(H,23,25). The van der Waals surface area contributed by atoms with Crippen LogP contribution in [0.4, 0.5) is 0 Å². The number of nitrogens with one attached hydrogen (secondary N) is 2. The molecule has 0 fully saturated rings. The average molecular weight is 430 g/mol. The predicted molar refractivity (Wildman–Crippen MR) is 119 cm³/mol. The minimum absolute atomic E-state index is 0.118. The van der Waals surface area contributed by atoms with Crippen molar-refractivity contribution in [2.24, 2.45) is 0 Å². The number of methoxy groups -OCH3 is 1. The lowest BCUT2D eigenvalue weighted by molar-refractivity contribution is 0.0959. The fourth-order valence-corrected chi connectivity index (χ4v) is 4.38. The SMILES string of the molecule is COc1cc(C(=N)N2CC=CC2)ccc1C(=O)SCCNC(=O)c1ccc(C)s1. The number of amides is 1. The second kappa shape index (κ2) is 9.76. The molecule has 2 aromatic rings. The zero-order valence-corrected chi connectivity index (χ0v) is 18.0. The molecule has 1 aromatic heterocycles. The second-order valence-electron chi connectivity index (χ2n) is 6.44. The van der Waals surface area contributed by atoms with Crippen molar-refractivity contribution in [2.45, 2.75) is 6.92 Å². The fraction of sp³-hybridized carbons (Fsp3) is 0.286. The molecule has 6 nitrogen and oxygen atoms in total. The summed E-state index contributed by atoms with van der Waals surface area (Å²) in [5.74, 6) is 1.21. The number of benzene rings is 1. The lowest BCUT2D eigenvalue weighted by atomic mass is 10.1. The maximum atomic E-state index is 12.6. The van der Waals surface area contributed by atoms with Gasteiger partial charge in [-0.25, -0.2) is 0 Å². The van der Waals surface area contributed by atoms with Gasteiger partial charge < -0.3 is 15.0 Å². The average Bonchev–Trinajstić information content (AvgIpc) is 3.41. The van der Waals surface area contributed by atoms with Gasteiger partial charge in [-0.1, -0.05) is 30.0 Å². The predicted octanol–water partition coefficient (Wildman–Crippen LogP) is 3.57. The van der Waals surface area contributed by atoms with Gasteiger partial charge in [0.1, 0.15) is 11.6 Å². The topological polar surface area (TPSA) is 82.5 Å². The first-order valence-electron chi connectivity index (χ1n) is 9.18. The van der Waals surface area contributed by atoms with Crippen molar-refractivity contribution < 1.29 is 14.3 Å². The smallest absolute Gasteiger partial charge is 0.261 e. The van der Waals surface area contributed by atoms with Crippen molar-refractivity contribution in [3.8, 4) is 5.75 Å². The largest absolute Gasteiger partial charge is 0.496 e. The number of thioether (sulfide) groups is 1. The van der Waals surface area contributed by atoms with Crippen LogP contribution in [0.25, 0.3) is 0 Å². The summed E-state index contributed by atoms with van der Waals surface area (Å²) < 4.78 is 5.39. The summed E-state index contributed by atoms with van der Waals surface area (Å²) in [4.78, 5) is 28.3. The van der Waals surface area contributed by atoms with E-state index in [-0.39, 0.29) is 11.0 Å². The highest BCUT2D eigenvalue weighted by molar-refractivity contribution is 8.14. The Hall–Kier alpha value is -2.58. The number of hydrogen-bond donors (Lipinski definition) is 2. The van der Waals surface area contributed by atoms with E-state index in [1.54, 1.807) is 24.3 Å². The third kappa shape index (κ3) is 5.27. The van der Waals surface area contributed by atoms with Crippen LogP contribution in [0.15, 0.2) is 42.5 Å². The maximum Gasteiger partial charge on any atom is 0.261 e. The van der Waals surface area contributed by atoms with Gasteiger partial charge in [0.2, 0.25) is 5.12 Å². The second-order valence-corrected chi connectivity index (χ2v) is 8.80. The molecule has 1 aliphatic heterocycles. The van der Waals surface area contributed by atoms with Crippen LogP contribution in [0.1, 0.15) is 30.5 Å². The van der Waals surface area contributed by atoms with Gasteiger partial charge in [-0.2, -0.15) is 0 Å². The van der Waals surface area contributed by atoms with Crippen molar-refractivity contribution in [3.05, 3.63) is 63.4 Å². The number of ether oxygens (including phenoxy) is 1. The lowest BCUT2D eigenvalue weighted by Gasteiger charge is -2.19. The molecule has 1 aliphatic rings. The summed E-state index contributed by atoms with van der Waals surface area (Å²) in [6.07, 6.45) is 4.05. The molecule has 0 bridgehead atoms. The van der Waals surface area contributed by atoms with Crippen LogP contribution in [0, 0.1) is 12.3 Å². The van der Waals surface area contributed by atoms with Crippen molar-refractivity contribution >= 4 is 40.0 Å². The summed E-state index contributed by atoms with van der Waals surface area (Å²) >= 11 is 2.58. The van der Waals surface area contributed by atoms with E-state index in [1.807, 2.05) is 30.0 Å². The van der Waals surface area contributed by atoms with Gasteiger partial charge in [-0.15, -0.1) is 11.3 Å². The minimum Gasteiger partial charge on any atom is -0.496 e. The van der Waals surface area contributed by atoms with Crippen molar-refractivity contribution in [3.63, 3.8) is 0 Å². The Labute approximate surface area is 178 Å². The Morgan fingerprint density at radius 3 is 2.66 bits per heavy atom. The summed E-state index contributed by atoms with van der Waals surface area (Å²) in [5, 5.41) is 11.0. The van der Waals surface area contributed by atoms with Crippen molar-refractivity contribution in [2.75, 3.05) is 32.5 Å². The molecule has 0 spiro atoms. The normalized spacial score (nSPS) is 12.8. The molecule has 3 rings (SSSR count). The lowest BCUT2D eigenvalue weighted by Crippen LogP contribution is -2.28. The van der Waals surface area contributed by atoms with E-state index in [0.29, 0.717) is 53.0 Å². The van der Waals surface area contributed by atoms with E-state index in [2.05, 4.69) is 5.32 Å². The molecular formula is C21H23N3O3S2. The molecule has 29 heavy (non-hydrogen) atoms. The molecule has 0 unspecified atom stereocenters. The monoisotopic (exact) mass is 429 g/mol. The molecule has 0 atom stereocenters. The van der Waals surface area contributed by atoms with E-state index in [9.17, 15) is 9.59 Å². The van der Waals surface area contributed by atoms with Crippen molar-refractivity contribution in [1.29, 1.82) is 5.41 Å². The Morgan fingerprint density at radius 1 is 1.24 bits per heavy atom. The van der Waals surface area contributed by atoms with Crippen LogP contribution in [-0.4, -0.2) is 54.3 Å². The Balaban J connectivity index is 1.54. The van der Waals surface area contributed by atoms with E-state index >= 15 is 0 Å². The van der Waals surface area contributed by atoms with E-state index in [4.69, 9.17) is 10.1 Å². The molecule has 8 heteroatoms. The molecular weight excluding hydrogens is 406 g/mol. The summed E-state index contributed by atoms with van der Waals surface area (Å²) in [5.41, 5.74) is 1.18. The minimum atomic E-state index is -0.121. The molecule has 1 aromatic carbocycles. The number of thiophene rings is 1. The quantitative estimate of drug-likeness (QED) is 0.304. The summed E-state index contributed by atoms with van der Waals surface area (Å²) in [6.45, 7) is 3.79. The number of nitrogens with zero attached hydrogens (tertiary/aromatic N) is 1. The van der Waals surface area contributed by atoms with Crippen molar-refractivity contribution in [1.82, 2.24) is 10.2 Å². The highest BCUT2D eigenvalue weighted by Crippen LogP contribution is 2.25. The number of aryl methyl sites for hydroxylation is 1. The van der Waals surface area contributed by atoms with Crippen LogP contribution >= 0.6 is 23.1 Å². The number of carbonyl (C=O) groups excluding carboxylic acids is 2. The summed E-state index contributed by atoms with van der Waals surface area (Å²) in [7, 11) is 1.52. The van der Waals surface area contributed by atoms with E-state index in [0.717, 1.165) is 16.6 Å². The highest BCUT2D eigenvalue weighted by atomic mass is 32.2. The molecule has 2 N–H and O–H groups in total. The molecule has 0 saturated heterocycles. The third-order valence-corrected chi connectivity index (χ3v) is 6.30. The summed E-state index contributed by atoms with van der Waals surface area (Å²) in [6, 6.07) is 8.92. The van der Waals surface area contributed by atoms with Crippen LogP contribution in [0.2, 0.25) is 0 Å². The number of rotatable bonds is 7. The Morgan fingerprint density at radius 2 is 2.00 bits per heavy atom. The first kappa shape index (κ1) is 21.1. The number of amidine groups is 1. The molecule has 0 saturated carbocycles. The zero-order valence-electron chi connectivity index (χ0n) is 16.4. The molecule has 152 valence electrons. The van der Waals surface area contributed by atoms with Gasteiger partial charge in [0.15, 0.2) is 0 Å². The number of hydrogen-bond acceptors (Lipinski definition) is 6. The zero-order chi connectivity index (χ0) is 20.8. The van der Waals surface area contributed by atoms with Gasteiger partial charge in [0.25, 0.3) is 5.91 Å². The molecule has 0 radical (unpaired) electrons.